The predicted molar refractivity (Wildman–Crippen MR) is 108 cm³/mol. The van der Waals surface area contributed by atoms with Gasteiger partial charge < -0.3 is 10.2 Å². The van der Waals surface area contributed by atoms with Crippen LogP contribution in [-0.4, -0.2) is 63.1 Å². The standard InChI is InChI=1S/C18H28N4O5S/c1-15-7-11-20(12-8-15)10-4-9-19-18(23)14-21(28(2,26)27)16-5-3-6-17(13-16)22(24)25/h3,5-6,13,15H,4,7-12,14H2,1-2H3,(H,19,23). The summed E-state index contributed by atoms with van der Waals surface area (Å²) < 4.78 is 25.0. The van der Waals surface area contributed by atoms with Crippen molar-refractivity contribution >= 4 is 27.3 Å². The minimum atomic E-state index is -3.77. The topological polar surface area (TPSA) is 113 Å². The Hall–Kier alpha value is -2.20. The lowest BCUT2D eigenvalue weighted by atomic mass is 9.99. The van der Waals surface area contributed by atoms with Gasteiger partial charge in [0.05, 0.1) is 16.9 Å². The van der Waals surface area contributed by atoms with Gasteiger partial charge in [0, 0.05) is 18.7 Å². The van der Waals surface area contributed by atoms with Gasteiger partial charge in [0.2, 0.25) is 15.9 Å². The summed E-state index contributed by atoms with van der Waals surface area (Å²) in [4.78, 5) is 24.9. The quantitative estimate of drug-likeness (QED) is 0.374. The molecule has 0 spiro atoms. The van der Waals surface area contributed by atoms with Gasteiger partial charge in [-0.3, -0.25) is 19.2 Å². The predicted octanol–water partition coefficient (Wildman–Crippen LogP) is 1.60. The van der Waals surface area contributed by atoms with E-state index in [9.17, 15) is 23.3 Å². The molecule has 0 radical (unpaired) electrons. The Balaban J connectivity index is 1.88. The van der Waals surface area contributed by atoms with E-state index >= 15 is 0 Å². The molecule has 1 aromatic carbocycles. The molecule has 0 aromatic heterocycles. The summed E-state index contributed by atoms with van der Waals surface area (Å²) in [6.45, 7) is 5.34. The highest BCUT2D eigenvalue weighted by Gasteiger charge is 2.22. The number of likely N-dealkylation sites (tertiary alicyclic amines) is 1. The van der Waals surface area contributed by atoms with Crippen LogP contribution in [-0.2, 0) is 14.8 Å². The zero-order valence-electron chi connectivity index (χ0n) is 16.3. The first kappa shape index (κ1) is 22.1. The number of anilines is 1. The van der Waals surface area contributed by atoms with Crippen LogP contribution in [0.1, 0.15) is 26.2 Å². The molecule has 1 fully saturated rings. The fourth-order valence-electron chi connectivity index (χ4n) is 3.16. The third kappa shape index (κ3) is 6.75. The van der Waals surface area contributed by atoms with Crippen LogP contribution in [0.2, 0.25) is 0 Å². The number of nitrogens with one attached hydrogen (secondary N) is 1. The number of sulfonamides is 1. The van der Waals surface area contributed by atoms with E-state index in [-0.39, 0.29) is 11.4 Å². The molecule has 0 bridgehead atoms. The maximum atomic E-state index is 12.2. The summed E-state index contributed by atoms with van der Waals surface area (Å²) in [5, 5.41) is 13.7. The Morgan fingerprint density at radius 3 is 2.64 bits per heavy atom. The number of carbonyl (C=O) groups is 1. The van der Waals surface area contributed by atoms with E-state index in [0.717, 1.165) is 48.6 Å². The van der Waals surface area contributed by atoms with Crippen LogP contribution >= 0.6 is 0 Å². The Kier molecular flexibility index (Phi) is 7.76. The molecule has 10 heteroatoms. The summed E-state index contributed by atoms with van der Waals surface area (Å²) in [5.41, 5.74) is -0.142. The number of piperidine rings is 1. The molecule has 0 aliphatic carbocycles. The van der Waals surface area contributed by atoms with Crippen LogP contribution in [0, 0.1) is 16.0 Å². The number of nitrogens with zero attached hydrogens (tertiary/aromatic N) is 3. The first-order valence-electron chi connectivity index (χ1n) is 9.38. The second-order valence-electron chi connectivity index (χ2n) is 7.27. The second kappa shape index (κ2) is 9.83. The van der Waals surface area contributed by atoms with E-state index in [1.165, 1.54) is 31.0 Å². The minimum absolute atomic E-state index is 0.0919. The molecule has 2 rings (SSSR count). The Labute approximate surface area is 165 Å². The number of carbonyl (C=O) groups excluding carboxylic acids is 1. The molecule has 1 amide bonds. The number of benzene rings is 1. The Bertz CT molecular complexity index is 791. The van der Waals surface area contributed by atoms with Crippen LogP contribution < -0.4 is 9.62 Å². The summed E-state index contributed by atoms with van der Waals surface area (Å²) in [7, 11) is -3.77. The lowest BCUT2D eigenvalue weighted by Gasteiger charge is -2.30. The third-order valence-electron chi connectivity index (χ3n) is 4.87. The van der Waals surface area contributed by atoms with Crippen molar-refractivity contribution in [2.45, 2.75) is 26.2 Å². The van der Waals surface area contributed by atoms with E-state index in [0.29, 0.717) is 6.54 Å². The molecule has 1 aromatic rings. The number of non-ortho nitro benzene ring substituents is 1. The summed E-state index contributed by atoms with van der Waals surface area (Å²) in [5.74, 6) is 0.330. The number of nitro groups is 1. The van der Waals surface area contributed by atoms with Gasteiger partial charge in [-0.05, 0) is 50.9 Å². The van der Waals surface area contributed by atoms with Gasteiger partial charge in [-0.15, -0.1) is 0 Å². The molecule has 156 valence electrons. The zero-order chi connectivity index (χ0) is 20.7. The summed E-state index contributed by atoms with van der Waals surface area (Å²) in [6.07, 6.45) is 4.14. The third-order valence-corrected chi connectivity index (χ3v) is 6.01. The van der Waals surface area contributed by atoms with Crippen molar-refractivity contribution < 1.29 is 18.1 Å². The smallest absolute Gasteiger partial charge is 0.271 e. The fraction of sp³-hybridized carbons (Fsp3) is 0.611. The number of rotatable bonds is 9. The first-order chi connectivity index (χ1) is 13.2. The van der Waals surface area contributed by atoms with E-state index < -0.39 is 27.4 Å². The van der Waals surface area contributed by atoms with E-state index in [2.05, 4.69) is 17.1 Å². The van der Waals surface area contributed by atoms with Gasteiger partial charge in [-0.2, -0.15) is 0 Å². The lowest BCUT2D eigenvalue weighted by molar-refractivity contribution is -0.384. The van der Waals surface area contributed by atoms with Crippen LogP contribution in [0.15, 0.2) is 24.3 Å². The molecule has 0 atom stereocenters. The van der Waals surface area contributed by atoms with Gasteiger partial charge in [0.15, 0.2) is 0 Å². The molecule has 1 saturated heterocycles. The SMILES string of the molecule is CC1CCN(CCCNC(=O)CN(c2cccc([N+](=O)[O-])c2)S(C)(=O)=O)CC1. The van der Waals surface area contributed by atoms with Crippen LogP contribution in [0.4, 0.5) is 11.4 Å². The van der Waals surface area contributed by atoms with Gasteiger partial charge in [0.1, 0.15) is 6.54 Å². The van der Waals surface area contributed by atoms with Crippen molar-refractivity contribution in [2.24, 2.45) is 5.92 Å². The molecular weight excluding hydrogens is 384 g/mol. The fourth-order valence-corrected chi connectivity index (χ4v) is 4.01. The molecule has 1 N–H and O–H groups in total. The highest BCUT2D eigenvalue weighted by Crippen LogP contribution is 2.23. The maximum absolute atomic E-state index is 12.2. The zero-order valence-corrected chi connectivity index (χ0v) is 17.2. The van der Waals surface area contributed by atoms with E-state index in [1.807, 2.05) is 0 Å². The molecule has 1 aliphatic heterocycles. The van der Waals surface area contributed by atoms with Crippen molar-refractivity contribution in [1.29, 1.82) is 0 Å². The van der Waals surface area contributed by atoms with Crippen molar-refractivity contribution in [3.8, 4) is 0 Å². The van der Waals surface area contributed by atoms with E-state index in [1.54, 1.807) is 0 Å². The second-order valence-corrected chi connectivity index (χ2v) is 9.18. The van der Waals surface area contributed by atoms with Crippen LogP contribution in [0.5, 0.6) is 0 Å². The average molecular weight is 413 g/mol. The summed E-state index contributed by atoms with van der Waals surface area (Å²) in [6, 6.07) is 5.23. The van der Waals surface area contributed by atoms with Crippen LogP contribution in [0.3, 0.4) is 0 Å². The average Bonchev–Trinajstić information content (AvgIpc) is 2.64. The van der Waals surface area contributed by atoms with Gasteiger partial charge in [-0.1, -0.05) is 13.0 Å². The van der Waals surface area contributed by atoms with Gasteiger partial charge >= 0.3 is 0 Å². The summed E-state index contributed by atoms with van der Waals surface area (Å²) >= 11 is 0. The Morgan fingerprint density at radius 1 is 1.36 bits per heavy atom. The van der Waals surface area contributed by atoms with Crippen LogP contribution in [0.25, 0.3) is 0 Å². The highest BCUT2D eigenvalue weighted by molar-refractivity contribution is 7.92. The molecule has 1 aliphatic rings. The minimum Gasteiger partial charge on any atom is -0.354 e. The molecular formula is C18H28N4O5S. The molecule has 0 unspecified atom stereocenters. The van der Waals surface area contributed by atoms with Gasteiger partial charge in [-0.25, -0.2) is 8.42 Å². The van der Waals surface area contributed by atoms with Crippen molar-refractivity contribution in [3.05, 3.63) is 34.4 Å². The lowest BCUT2D eigenvalue weighted by Crippen LogP contribution is -2.41. The van der Waals surface area contributed by atoms with Gasteiger partial charge in [0.25, 0.3) is 5.69 Å². The molecule has 0 saturated carbocycles. The maximum Gasteiger partial charge on any atom is 0.271 e. The van der Waals surface area contributed by atoms with E-state index in [4.69, 9.17) is 0 Å². The molecule has 9 nitrogen and oxygen atoms in total. The Morgan fingerprint density at radius 2 is 2.04 bits per heavy atom. The van der Waals surface area contributed by atoms with Crippen molar-refractivity contribution in [1.82, 2.24) is 10.2 Å². The number of hydrogen-bond acceptors (Lipinski definition) is 6. The molecule has 1 heterocycles. The monoisotopic (exact) mass is 412 g/mol. The number of hydrogen-bond donors (Lipinski definition) is 1. The van der Waals surface area contributed by atoms with Crippen molar-refractivity contribution in [2.75, 3.05) is 43.3 Å². The largest absolute Gasteiger partial charge is 0.354 e. The highest BCUT2D eigenvalue weighted by atomic mass is 32.2. The van der Waals surface area contributed by atoms with Crippen molar-refractivity contribution in [3.63, 3.8) is 0 Å². The number of nitro benzene ring substituents is 1. The normalized spacial score (nSPS) is 15.9. The number of amides is 1. The first-order valence-corrected chi connectivity index (χ1v) is 11.2. The molecule has 28 heavy (non-hydrogen) atoms.